The first-order valence-electron chi connectivity index (χ1n) is 6.22. The van der Waals surface area contributed by atoms with Gasteiger partial charge < -0.3 is 9.82 Å². The van der Waals surface area contributed by atoms with Crippen molar-refractivity contribution < 1.29 is 19.2 Å². The number of aromatic nitrogens is 1. The number of hydrogen-bond acceptors (Lipinski definition) is 4. The van der Waals surface area contributed by atoms with Crippen molar-refractivity contribution in [1.29, 1.82) is 0 Å². The molecule has 2 unspecified atom stereocenters. The van der Waals surface area contributed by atoms with Gasteiger partial charge in [-0.1, -0.05) is 24.3 Å². The van der Waals surface area contributed by atoms with Gasteiger partial charge in [0, 0.05) is 12.4 Å². The minimum Gasteiger partial charge on any atom is -0.367 e. The fraction of sp³-hybridized carbons (Fsp3) is 0.214. The number of allylic oxidation sites excluding steroid dienone is 2. The molecule has 3 rings (SSSR count). The molecule has 102 valence electrons. The third kappa shape index (κ3) is 2.05. The molecular weight excluding hydrogens is 260 g/mol. The van der Waals surface area contributed by atoms with Gasteiger partial charge in [-0.15, -0.1) is 5.06 Å². The predicted molar refractivity (Wildman–Crippen MR) is 67.7 cm³/mol. The molecule has 1 aromatic heterocycles. The Morgan fingerprint density at radius 1 is 1.20 bits per heavy atom. The van der Waals surface area contributed by atoms with Crippen LogP contribution < -0.4 is 0 Å². The average molecular weight is 272 g/mol. The summed E-state index contributed by atoms with van der Waals surface area (Å²) in [5.41, 5.74) is 0.728. The fourth-order valence-corrected chi connectivity index (χ4v) is 2.32. The lowest BCUT2D eigenvalue weighted by molar-refractivity contribution is -0.197. The van der Waals surface area contributed by atoms with Crippen LogP contribution in [0.1, 0.15) is 5.56 Å². The molecule has 1 aliphatic carbocycles. The van der Waals surface area contributed by atoms with Gasteiger partial charge in [-0.3, -0.25) is 9.59 Å². The van der Waals surface area contributed by atoms with Gasteiger partial charge >= 0.3 is 5.97 Å². The molecule has 0 spiro atoms. The van der Waals surface area contributed by atoms with E-state index in [2.05, 4.69) is 4.98 Å². The number of fused-ring (bicyclic) bond motifs is 1. The molecule has 20 heavy (non-hydrogen) atoms. The van der Waals surface area contributed by atoms with Crippen molar-refractivity contribution in [3.05, 3.63) is 48.3 Å². The van der Waals surface area contributed by atoms with Crippen LogP contribution in [0.5, 0.6) is 0 Å². The summed E-state index contributed by atoms with van der Waals surface area (Å²) in [6.45, 7) is 0. The van der Waals surface area contributed by atoms with Crippen molar-refractivity contribution >= 4 is 17.8 Å². The van der Waals surface area contributed by atoms with Crippen LogP contribution in [0, 0.1) is 11.8 Å². The standard InChI is InChI=1S/C14H12N2O4/c17-12(7-9-5-6-15-8-9)20-16-13(18)10-3-1-2-4-11(10)14(16)19/h1-6,8,10-11,15H,7H2. The first-order valence-corrected chi connectivity index (χ1v) is 6.22. The third-order valence-electron chi connectivity index (χ3n) is 3.31. The van der Waals surface area contributed by atoms with Crippen LogP contribution in [-0.2, 0) is 25.6 Å². The van der Waals surface area contributed by atoms with Gasteiger partial charge in [-0.2, -0.15) is 0 Å². The summed E-state index contributed by atoms with van der Waals surface area (Å²) >= 11 is 0. The van der Waals surface area contributed by atoms with Crippen molar-refractivity contribution in [3.8, 4) is 0 Å². The summed E-state index contributed by atoms with van der Waals surface area (Å²) in [6, 6.07) is 1.72. The Kier molecular flexibility index (Phi) is 2.98. The molecule has 1 saturated heterocycles. The highest BCUT2D eigenvalue weighted by Gasteiger charge is 2.48. The van der Waals surface area contributed by atoms with E-state index >= 15 is 0 Å². The number of carbonyl (C=O) groups is 3. The second kappa shape index (κ2) is 4.80. The van der Waals surface area contributed by atoms with Crippen molar-refractivity contribution in [3.63, 3.8) is 0 Å². The quantitative estimate of drug-likeness (QED) is 0.823. The molecule has 0 aromatic carbocycles. The highest BCUT2D eigenvalue weighted by atomic mass is 16.7. The lowest BCUT2D eigenvalue weighted by atomic mass is 9.91. The molecule has 2 aliphatic rings. The summed E-state index contributed by atoms with van der Waals surface area (Å²) in [5, 5.41) is 0.588. The van der Waals surface area contributed by atoms with Crippen LogP contribution in [0.4, 0.5) is 0 Å². The van der Waals surface area contributed by atoms with Crippen LogP contribution in [-0.4, -0.2) is 27.8 Å². The lowest BCUT2D eigenvalue weighted by Crippen LogP contribution is -2.34. The van der Waals surface area contributed by atoms with Crippen molar-refractivity contribution in [2.24, 2.45) is 11.8 Å². The maximum Gasteiger partial charge on any atom is 0.337 e. The molecule has 1 aliphatic heterocycles. The second-order valence-corrected chi connectivity index (χ2v) is 4.65. The number of carbonyl (C=O) groups excluding carboxylic acids is 3. The van der Waals surface area contributed by atoms with Crippen LogP contribution in [0.25, 0.3) is 0 Å². The number of hydroxylamine groups is 2. The van der Waals surface area contributed by atoms with Crippen LogP contribution in [0.2, 0.25) is 0 Å². The summed E-state index contributed by atoms with van der Waals surface area (Å²) in [6.07, 6.45) is 10.0. The summed E-state index contributed by atoms with van der Waals surface area (Å²) < 4.78 is 0. The molecule has 2 amide bonds. The zero-order valence-electron chi connectivity index (χ0n) is 10.5. The number of amides is 2. The van der Waals surface area contributed by atoms with E-state index in [1.165, 1.54) is 0 Å². The van der Waals surface area contributed by atoms with E-state index < -0.39 is 29.6 Å². The van der Waals surface area contributed by atoms with Gasteiger partial charge in [0.1, 0.15) is 0 Å². The Hall–Kier alpha value is -2.63. The number of H-pyrrole nitrogens is 1. The van der Waals surface area contributed by atoms with E-state index in [-0.39, 0.29) is 6.42 Å². The number of rotatable bonds is 3. The Morgan fingerprint density at radius 3 is 2.40 bits per heavy atom. The first kappa shape index (κ1) is 12.4. The molecular formula is C14H12N2O4. The summed E-state index contributed by atoms with van der Waals surface area (Å²) in [5.74, 6) is -2.76. The minimum atomic E-state index is -0.641. The van der Waals surface area contributed by atoms with Crippen LogP contribution >= 0.6 is 0 Å². The second-order valence-electron chi connectivity index (χ2n) is 4.65. The number of imide groups is 1. The van der Waals surface area contributed by atoms with Crippen LogP contribution in [0.3, 0.4) is 0 Å². The maximum atomic E-state index is 12.0. The monoisotopic (exact) mass is 272 g/mol. The molecule has 2 heterocycles. The molecule has 0 saturated carbocycles. The maximum absolute atomic E-state index is 12.0. The van der Waals surface area contributed by atoms with Gasteiger partial charge in [0.05, 0.1) is 18.3 Å². The number of nitrogens with one attached hydrogen (secondary N) is 1. The van der Waals surface area contributed by atoms with Crippen LogP contribution in [0.15, 0.2) is 42.8 Å². The van der Waals surface area contributed by atoms with E-state index in [9.17, 15) is 14.4 Å². The highest BCUT2D eigenvalue weighted by Crippen LogP contribution is 2.31. The molecule has 0 radical (unpaired) electrons. The van der Waals surface area contributed by atoms with E-state index in [1.807, 2.05) is 0 Å². The Balaban J connectivity index is 1.70. The molecule has 2 atom stereocenters. The van der Waals surface area contributed by atoms with Gasteiger partial charge in [0.25, 0.3) is 11.8 Å². The van der Waals surface area contributed by atoms with E-state index in [0.717, 1.165) is 5.56 Å². The van der Waals surface area contributed by atoms with E-state index in [0.29, 0.717) is 5.06 Å². The largest absolute Gasteiger partial charge is 0.367 e. The summed E-state index contributed by atoms with van der Waals surface area (Å²) in [7, 11) is 0. The lowest BCUT2D eigenvalue weighted by Gasteiger charge is -2.12. The molecule has 1 fully saturated rings. The van der Waals surface area contributed by atoms with E-state index in [1.54, 1.807) is 42.8 Å². The zero-order valence-corrected chi connectivity index (χ0v) is 10.5. The number of aromatic amines is 1. The Morgan fingerprint density at radius 2 is 1.85 bits per heavy atom. The van der Waals surface area contributed by atoms with Crippen molar-refractivity contribution in [1.82, 2.24) is 10.0 Å². The van der Waals surface area contributed by atoms with Crippen molar-refractivity contribution in [2.75, 3.05) is 0 Å². The topological polar surface area (TPSA) is 79.5 Å². The van der Waals surface area contributed by atoms with Gasteiger partial charge in [-0.05, 0) is 11.6 Å². The SMILES string of the molecule is O=C(Cc1cc[nH]c1)ON1C(=O)C2C=CC=CC2C1=O. The smallest absolute Gasteiger partial charge is 0.337 e. The van der Waals surface area contributed by atoms with Gasteiger partial charge in [-0.25, -0.2) is 4.79 Å². The molecule has 1 N–H and O–H groups in total. The van der Waals surface area contributed by atoms with Crippen molar-refractivity contribution in [2.45, 2.75) is 6.42 Å². The summed E-state index contributed by atoms with van der Waals surface area (Å²) in [4.78, 5) is 43.5. The first-order chi connectivity index (χ1) is 9.66. The van der Waals surface area contributed by atoms with Gasteiger partial charge in [0.2, 0.25) is 0 Å². The molecule has 6 nitrogen and oxygen atoms in total. The average Bonchev–Trinajstić information content (AvgIpc) is 3.03. The minimum absolute atomic E-state index is 0.00156. The number of hydrogen-bond donors (Lipinski definition) is 1. The predicted octanol–water partition coefficient (Wildman–Crippen LogP) is 0.743. The third-order valence-corrected chi connectivity index (χ3v) is 3.31. The fourth-order valence-electron chi connectivity index (χ4n) is 2.32. The Labute approximate surface area is 114 Å². The van der Waals surface area contributed by atoms with E-state index in [4.69, 9.17) is 4.84 Å². The zero-order chi connectivity index (χ0) is 14.1. The number of nitrogens with zero attached hydrogens (tertiary/aromatic N) is 1. The Bertz CT molecular complexity index is 585. The molecule has 1 aromatic rings. The highest BCUT2D eigenvalue weighted by molar-refractivity contribution is 6.06. The molecule has 0 bridgehead atoms. The van der Waals surface area contributed by atoms with Gasteiger partial charge in [0.15, 0.2) is 0 Å². The normalized spacial score (nSPS) is 24.1. The molecule has 6 heteroatoms.